The van der Waals surface area contributed by atoms with Gasteiger partial charge in [-0.3, -0.25) is 9.79 Å². The summed E-state index contributed by atoms with van der Waals surface area (Å²) in [6.45, 7) is 1.77. The second kappa shape index (κ2) is 8.89. The largest absolute Gasteiger partial charge is 0.508 e. The average molecular weight is 387 g/mol. The molecule has 0 atom stereocenters. The molecule has 0 aliphatic heterocycles. The van der Waals surface area contributed by atoms with Crippen molar-refractivity contribution in [3.05, 3.63) is 89.5 Å². The van der Waals surface area contributed by atoms with E-state index in [1.807, 2.05) is 24.3 Å². The van der Waals surface area contributed by atoms with E-state index in [1.54, 1.807) is 50.4 Å². The summed E-state index contributed by atoms with van der Waals surface area (Å²) in [5.74, 6) is 0.608. The maximum atomic E-state index is 12.4. The number of nitrogens with zero attached hydrogens (tertiary/aromatic N) is 1. The molecular weight excluding hydrogens is 366 g/mol. The number of allylic oxidation sites excluding steroid dienone is 1. The van der Waals surface area contributed by atoms with Crippen molar-refractivity contribution in [2.75, 3.05) is 7.11 Å². The zero-order chi connectivity index (χ0) is 20.8. The van der Waals surface area contributed by atoms with Gasteiger partial charge in [-0.15, -0.1) is 0 Å². The Hall–Kier alpha value is -3.86. The minimum absolute atomic E-state index is 0.00962. The monoisotopic (exact) mass is 387 g/mol. The maximum Gasteiger partial charge on any atom is 0.185 e. The Morgan fingerprint density at radius 3 is 2.28 bits per heavy atom. The Balaban J connectivity index is 1.71. The highest BCUT2D eigenvalue weighted by Gasteiger charge is 2.06. The van der Waals surface area contributed by atoms with Crippen molar-refractivity contribution in [3.63, 3.8) is 0 Å². The zero-order valence-electron chi connectivity index (χ0n) is 16.2. The molecule has 29 heavy (non-hydrogen) atoms. The van der Waals surface area contributed by atoms with Crippen molar-refractivity contribution >= 4 is 23.3 Å². The van der Waals surface area contributed by atoms with Crippen LogP contribution in [-0.2, 0) is 0 Å². The third kappa shape index (κ3) is 5.11. The molecular formula is C24H21NO4. The predicted octanol–water partition coefficient (Wildman–Crippen LogP) is 5.14. The highest BCUT2D eigenvalue weighted by atomic mass is 16.5. The van der Waals surface area contributed by atoms with Crippen molar-refractivity contribution in [1.29, 1.82) is 0 Å². The molecule has 0 spiro atoms. The third-order valence-electron chi connectivity index (χ3n) is 4.36. The lowest BCUT2D eigenvalue weighted by Crippen LogP contribution is -1.95. The average Bonchev–Trinajstić information content (AvgIpc) is 2.72. The standard InChI is InChI=1S/C24H21NO4/c1-16(22-13-10-20(26)15-24(22)28)25-19-8-6-18(7-9-19)23(27)14-5-17-3-11-21(29-2)12-4-17/h3-15,26,28H,1-2H3/b14-5+,25-16?. The molecule has 0 aliphatic carbocycles. The van der Waals surface area contributed by atoms with E-state index in [-0.39, 0.29) is 17.3 Å². The predicted molar refractivity (Wildman–Crippen MR) is 114 cm³/mol. The molecule has 5 nitrogen and oxygen atoms in total. The summed E-state index contributed by atoms with van der Waals surface area (Å²) in [6.07, 6.45) is 3.28. The molecule has 3 aromatic carbocycles. The Morgan fingerprint density at radius 1 is 0.966 bits per heavy atom. The fourth-order valence-electron chi connectivity index (χ4n) is 2.76. The zero-order valence-corrected chi connectivity index (χ0v) is 16.2. The first kappa shape index (κ1) is 19.9. The van der Waals surface area contributed by atoms with Gasteiger partial charge in [-0.05, 0) is 67.1 Å². The Kier molecular flexibility index (Phi) is 6.09. The van der Waals surface area contributed by atoms with Gasteiger partial charge in [0.2, 0.25) is 0 Å². The minimum atomic E-state index is -0.107. The van der Waals surface area contributed by atoms with Crippen LogP contribution in [0.3, 0.4) is 0 Å². The fourth-order valence-corrected chi connectivity index (χ4v) is 2.76. The second-order valence-corrected chi connectivity index (χ2v) is 6.42. The van der Waals surface area contributed by atoms with Gasteiger partial charge < -0.3 is 14.9 Å². The molecule has 3 aromatic rings. The van der Waals surface area contributed by atoms with Gasteiger partial charge in [0.25, 0.3) is 0 Å². The first-order valence-electron chi connectivity index (χ1n) is 9.00. The third-order valence-corrected chi connectivity index (χ3v) is 4.36. The van der Waals surface area contributed by atoms with E-state index in [0.29, 0.717) is 22.5 Å². The first-order valence-corrected chi connectivity index (χ1v) is 9.00. The quantitative estimate of drug-likeness (QED) is 0.349. The van der Waals surface area contributed by atoms with Gasteiger partial charge >= 0.3 is 0 Å². The van der Waals surface area contributed by atoms with E-state index in [2.05, 4.69) is 4.99 Å². The van der Waals surface area contributed by atoms with Gasteiger partial charge in [-0.2, -0.15) is 0 Å². The van der Waals surface area contributed by atoms with Crippen LogP contribution in [0.2, 0.25) is 0 Å². The number of hydrogen-bond acceptors (Lipinski definition) is 5. The molecule has 5 heteroatoms. The van der Waals surface area contributed by atoms with E-state index in [0.717, 1.165) is 11.3 Å². The van der Waals surface area contributed by atoms with E-state index in [4.69, 9.17) is 4.74 Å². The van der Waals surface area contributed by atoms with E-state index < -0.39 is 0 Å². The number of hydrogen-bond donors (Lipinski definition) is 2. The molecule has 0 fully saturated rings. The van der Waals surface area contributed by atoms with Gasteiger partial charge in [0.1, 0.15) is 17.2 Å². The number of aromatic hydroxyl groups is 2. The van der Waals surface area contributed by atoms with Crippen LogP contribution in [0.5, 0.6) is 17.2 Å². The molecule has 0 unspecified atom stereocenters. The molecule has 0 saturated carbocycles. The number of benzene rings is 3. The molecule has 0 radical (unpaired) electrons. The van der Waals surface area contributed by atoms with Crippen LogP contribution in [0.25, 0.3) is 6.08 Å². The molecule has 0 amide bonds. The van der Waals surface area contributed by atoms with Crippen molar-refractivity contribution in [1.82, 2.24) is 0 Å². The normalized spacial score (nSPS) is 11.6. The van der Waals surface area contributed by atoms with Crippen molar-refractivity contribution in [2.45, 2.75) is 6.92 Å². The van der Waals surface area contributed by atoms with Gasteiger partial charge in [0, 0.05) is 22.9 Å². The number of rotatable bonds is 6. The summed E-state index contributed by atoms with van der Waals surface area (Å²) >= 11 is 0. The summed E-state index contributed by atoms with van der Waals surface area (Å²) < 4.78 is 5.12. The number of carbonyl (C=O) groups is 1. The number of aliphatic imine (C=N–C) groups is 1. The van der Waals surface area contributed by atoms with Crippen LogP contribution in [-0.4, -0.2) is 28.8 Å². The highest BCUT2D eigenvalue weighted by molar-refractivity contribution is 6.07. The molecule has 0 saturated heterocycles. The first-order chi connectivity index (χ1) is 14.0. The van der Waals surface area contributed by atoms with Crippen LogP contribution in [0, 0.1) is 0 Å². The molecule has 146 valence electrons. The number of phenols is 2. The van der Waals surface area contributed by atoms with E-state index in [1.165, 1.54) is 18.2 Å². The lowest BCUT2D eigenvalue weighted by molar-refractivity contribution is 0.104. The lowest BCUT2D eigenvalue weighted by Gasteiger charge is -2.05. The lowest BCUT2D eigenvalue weighted by atomic mass is 10.1. The summed E-state index contributed by atoms with van der Waals surface area (Å²) in [5.41, 5.74) is 3.25. The Morgan fingerprint density at radius 2 is 1.66 bits per heavy atom. The van der Waals surface area contributed by atoms with Gasteiger partial charge in [-0.1, -0.05) is 18.2 Å². The molecule has 3 rings (SSSR count). The molecule has 2 N–H and O–H groups in total. The summed E-state index contributed by atoms with van der Waals surface area (Å²) in [7, 11) is 1.61. The number of carbonyl (C=O) groups excluding carboxylic acids is 1. The summed E-state index contributed by atoms with van der Waals surface area (Å²) in [4.78, 5) is 16.8. The molecule has 0 aromatic heterocycles. The van der Waals surface area contributed by atoms with Crippen LogP contribution >= 0.6 is 0 Å². The number of ether oxygens (including phenoxy) is 1. The summed E-state index contributed by atoms with van der Waals surface area (Å²) in [5, 5.41) is 19.3. The van der Waals surface area contributed by atoms with Crippen LogP contribution in [0.4, 0.5) is 5.69 Å². The van der Waals surface area contributed by atoms with Crippen molar-refractivity contribution in [3.8, 4) is 17.2 Å². The van der Waals surface area contributed by atoms with Crippen LogP contribution in [0.1, 0.15) is 28.4 Å². The van der Waals surface area contributed by atoms with Crippen LogP contribution in [0.15, 0.2) is 77.8 Å². The second-order valence-electron chi connectivity index (χ2n) is 6.42. The number of phenolic OH excluding ortho intramolecular Hbond substituents is 2. The van der Waals surface area contributed by atoms with Crippen molar-refractivity contribution < 1.29 is 19.7 Å². The smallest absolute Gasteiger partial charge is 0.185 e. The topological polar surface area (TPSA) is 79.1 Å². The number of methoxy groups -OCH3 is 1. The highest BCUT2D eigenvalue weighted by Crippen LogP contribution is 2.25. The Bertz CT molecular complexity index is 1070. The Labute approximate surface area is 169 Å². The number of ketones is 1. The SMILES string of the molecule is COc1ccc(/C=C/C(=O)c2ccc(N=C(C)c3ccc(O)cc3O)cc2)cc1. The molecule has 0 aliphatic rings. The van der Waals surface area contributed by atoms with Gasteiger partial charge in [0.05, 0.1) is 12.8 Å². The van der Waals surface area contributed by atoms with E-state index >= 15 is 0 Å². The minimum Gasteiger partial charge on any atom is -0.508 e. The fraction of sp³-hybridized carbons (Fsp3) is 0.0833. The molecule has 0 bridgehead atoms. The van der Waals surface area contributed by atoms with Gasteiger partial charge in [0.15, 0.2) is 5.78 Å². The van der Waals surface area contributed by atoms with E-state index in [9.17, 15) is 15.0 Å². The maximum absolute atomic E-state index is 12.4. The molecule has 0 heterocycles. The van der Waals surface area contributed by atoms with Gasteiger partial charge in [-0.25, -0.2) is 0 Å². The summed E-state index contributed by atoms with van der Waals surface area (Å²) in [6, 6.07) is 18.7. The van der Waals surface area contributed by atoms with Crippen LogP contribution < -0.4 is 4.74 Å². The van der Waals surface area contributed by atoms with Crippen molar-refractivity contribution in [2.24, 2.45) is 4.99 Å².